The van der Waals surface area contributed by atoms with E-state index >= 15 is 0 Å². The van der Waals surface area contributed by atoms with Crippen LogP contribution in [0.25, 0.3) is 0 Å². The number of aromatic nitrogens is 2. The van der Waals surface area contributed by atoms with Crippen LogP contribution in [0.15, 0.2) is 12.5 Å². The maximum Gasteiger partial charge on any atom is 0.0951 e. The van der Waals surface area contributed by atoms with Gasteiger partial charge in [0.15, 0.2) is 0 Å². The normalized spacial score (nSPS) is 15.7. The van der Waals surface area contributed by atoms with Crippen molar-refractivity contribution in [2.24, 2.45) is 5.92 Å². The third-order valence-electron chi connectivity index (χ3n) is 3.08. The van der Waals surface area contributed by atoms with E-state index in [0.29, 0.717) is 6.04 Å². The third kappa shape index (κ3) is 4.13. The zero-order valence-electron chi connectivity index (χ0n) is 10.9. The van der Waals surface area contributed by atoms with Gasteiger partial charge in [0.1, 0.15) is 0 Å². The highest BCUT2D eigenvalue weighted by Gasteiger charge is 2.20. The fraction of sp³-hybridized carbons (Fsp3) is 0.769. The SMILES string of the molecule is CC(C)n1cncc1CNCCOCC1CC1. The van der Waals surface area contributed by atoms with Crippen molar-refractivity contribution < 1.29 is 4.74 Å². The first-order valence-electron chi connectivity index (χ1n) is 6.56. The maximum absolute atomic E-state index is 5.57. The first kappa shape index (κ1) is 12.6. The van der Waals surface area contributed by atoms with Crippen molar-refractivity contribution in [1.82, 2.24) is 14.9 Å². The van der Waals surface area contributed by atoms with Crippen LogP contribution in [0.1, 0.15) is 38.4 Å². The Kier molecular flexibility index (Phi) is 4.57. The summed E-state index contributed by atoms with van der Waals surface area (Å²) in [7, 11) is 0. The van der Waals surface area contributed by atoms with E-state index in [-0.39, 0.29) is 0 Å². The largest absolute Gasteiger partial charge is 0.380 e. The summed E-state index contributed by atoms with van der Waals surface area (Å²) < 4.78 is 7.76. The van der Waals surface area contributed by atoms with Crippen LogP contribution in [0.2, 0.25) is 0 Å². The average Bonchev–Trinajstić information content (AvgIpc) is 2.99. The van der Waals surface area contributed by atoms with Gasteiger partial charge in [-0.3, -0.25) is 0 Å². The second-order valence-corrected chi connectivity index (χ2v) is 5.08. The van der Waals surface area contributed by atoms with Crippen molar-refractivity contribution in [3.05, 3.63) is 18.2 Å². The molecule has 0 saturated heterocycles. The fourth-order valence-electron chi connectivity index (χ4n) is 1.83. The molecule has 0 spiro atoms. The Morgan fingerprint density at radius 1 is 1.53 bits per heavy atom. The van der Waals surface area contributed by atoms with E-state index in [0.717, 1.165) is 32.2 Å². The molecule has 1 aliphatic rings. The zero-order chi connectivity index (χ0) is 12.1. The highest BCUT2D eigenvalue weighted by atomic mass is 16.5. The monoisotopic (exact) mass is 237 g/mol. The van der Waals surface area contributed by atoms with Crippen molar-refractivity contribution in [2.45, 2.75) is 39.3 Å². The Bertz CT molecular complexity index is 331. The summed E-state index contributed by atoms with van der Waals surface area (Å²) in [6, 6.07) is 0.473. The maximum atomic E-state index is 5.57. The summed E-state index contributed by atoms with van der Waals surface area (Å²) >= 11 is 0. The minimum Gasteiger partial charge on any atom is -0.380 e. The minimum atomic E-state index is 0.473. The molecule has 4 nitrogen and oxygen atoms in total. The van der Waals surface area contributed by atoms with Crippen molar-refractivity contribution in [2.75, 3.05) is 19.8 Å². The molecular formula is C13H23N3O. The Balaban J connectivity index is 1.58. The van der Waals surface area contributed by atoms with Crippen LogP contribution in [-0.2, 0) is 11.3 Å². The van der Waals surface area contributed by atoms with Gasteiger partial charge in [-0.2, -0.15) is 0 Å². The highest BCUT2D eigenvalue weighted by molar-refractivity contribution is 4.99. The summed E-state index contributed by atoms with van der Waals surface area (Å²) in [4.78, 5) is 4.18. The first-order valence-corrected chi connectivity index (χ1v) is 6.56. The summed E-state index contributed by atoms with van der Waals surface area (Å²) in [6.45, 7) is 7.88. The number of hydrogen-bond acceptors (Lipinski definition) is 3. The molecule has 0 amide bonds. The molecule has 17 heavy (non-hydrogen) atoms. The van der Waals surface area contributed by atoms with Gasteiger partial charge in [-0.15, -0.1) is 0 Å². The molecule has 1 aromatic rings. The Morgan fingerprint density at radius 3 is 3.06 bits per heavy atom. The van der Waals surface area contributed by atoms with Gasteiger partial charge in [-0.25, -0.2) is 4.98 Å². The van der Waals surface area contributed by atoms with Crippen molar-refractivity contribution in [1.29, 1.82) is 0 Å². The van der Waals surface area contributed by atoms with Gasteiger partial charge < -0.3 is 14.6 Å². The molecule has 1 fully saturated rings. The molecule has 2 rings (SSSR count). The average molecular weight is 237 g/mol. The predicted octanol–water partition coefficient (Wildman–Crippen LogP) is 1.98. The van der Waals surface area contributed by atoms with Crippen molar-refractivity contribution >= 4 is 0 Å². The summed E-state index contributed by atoms with van der Waals surface area (Å²) in [5.41, 5.74) is 1.24. The van der Waals surface area contributed by atoms with Crippen LogP contribution in [0.5, 0.6) is 0 Å². The topological polar surface area (TPSA) is 39.1 Å². The van der Waals surface area contributed by atoms with Gasteiger partial charge in [0.2, 0.25) is 0 Å². The van der Waals surface area contributed by atoms with Gasteiger partial charge >= 0.3 is 0 Å². The quantitative estimate of drug-likeness (QED) is 0.703. The van der Waals surface area contributed by atoms with Gasteiger partial charge in [-0.05, 0) is 32.6 Å². The Hall–Kier alpha value is -0.870. The van der Waals surface area contributed by atoms with E-state index < -0.39 is 0 Å². The van der Waals surface area contributed by atoms with Crippen LogP contribution in [0, 0.1) is 5.92 Å². The first-order chi connectivity index (χ1) is 8.27. The minimum absolute atomic E-state index is 0.473. The summed E-state index contributed by atoms with van der Waals surface area (Å²) in [5, 5.41) is 3.39. The molecule has 0 atom stereocenters. The van der Waals surface area contributed by atoms with E-state index in [4.69, 9.17) is 4.74 Å². The van der Waals surface area contributed by atoms with E-state index in [1.54, 1.807) is 0 Å². The summed E-state index contributed by atoms with van der Waals surface area (Å²) in [5.74, 6) is 0.859. The van der Waals surface area contributed by atoms with Crippen LogP contribution < -0.4 is 5.32 Å². The van der Waals surface area contributed by atoms with Crippen LogP contribution in [-0.4, -0.2) is 29.3 Å². The molecule has 1 aliphatic carbocycles. The van der Waals surface area contributed by atoms with Gasteiger partial charge in [0, 0.05) is 31.9 Å². The molecule has 1 saturated carbocycles. The van der Waals surface area contributed by atoms with Gasteiger partial charge in [-0.1, -0.05) is 0 Å². The van der Waals surface area contributed by atoms with E-state index in [9.17, 15) is 0 Å². The summed E-state index contributed by atoms with van der Waals surface area (Å²) in [6.07, 6.45) is 6.55. The molecular weight excluding hydrogens is 214 g/mol. The number of ether oxygens (including phenoxy) is 1. The molecule has 96 valence electrons. The second-order valence-electron chi connectivity index (χ2n) is 5.08. The Morgan fingerprint density at radius 2 is 2.35 bits per heavy atom. The number of nitrogens with one attached hydrogen (secondary N) is 1. The standard InChI is InChI=1S/C13H23N3O/c1-11(2)16-10-15-8-13(16)7-14-5-6-17-9-12-3-4-12/h8,10-12,14H,3-7,9H2,1-2H3. The van der Waals surface area contributed by atoms with Crippen LogP contribution in [0.4, 0.5) is 0 Å². The Labute approximate surface area is 103 Å². The highest BCUT2D eigenvalue weighted by Crippen LogP contribution is 2.28. The number of hydrogen-bond donors (Lipinski definition) is 1. The lowest BCUT2D eigenvalue weighted by Gasteiger charge is -2.12. The number of imidazole rings is 1. The van der Waals surface area contributed by atoms with Crippen LogP contribution >= 0.6 is 0 Å². The van der Waals surface area contributed by atoms with E-state index in [2.05, 4.69) is 28.7 Å². The third-order valence-corrected chi connectivity index (χ3v) is 3.08. The van der Waals surface area contributed by atoms with Crippen molar-refractivity contribution in [3.8, 4) is 0 Å². The lowest BCUT2D eigenvalue weighted by atomic mass is 10.3. The molecule has 1 heterocycles. The molecule has 1 N–H and O–H groups in total. The predicted molar refractivity (Wildman–Crippen MR) is 67.9 cm³/mol. The molecule has 1 aromatic heterocycles. The van der Waals surface area contributed by atoms with E-state index in [1.807, 2.05) is 12.5 Å². The molecule has 0 radical (unpaired) electrons. The van der Waals surface area contributed by atoms with Gasteiger partial charge in [0.05, 0.1) is 18.6 Å². The van der Waals surface area contributed by atoms with Gasteiger partial charge in [0.25, 0.3) is 0 Å². The van der Waals surface area contributed by atoms with Crippen LogP contribution in [0.3, 0.4) is 0 Å². The number of rotatable bonds is 8. The molecule has 0 aromatic carbocycles. The van der Waals surface area contributed by atoms with E-state index in [1.165, 1.54) is 18.5 Å². The molecule has 0 bridgehead atoms. The lowest BCUT2D eigenvalue weighted by molar-refractivity contribution is 0.126. The number of nitrogens with zero attached hydrogens (tertiary/aromatic N) is 2. The smallest absolute Gasteiger partial charge is 0.0951 e. The molecule has 0 unspecified atom stereocenters. The second kappa shape index (κ2) is 6.17. The molecule has 4 heteroatoms. The lowest BCUT2D eigenvalue weighted by Crippen LogP contribution is -2.21. The zero-order valence-corrected chi connectivity index (χ0v) is 10.9. The van der Waals surface area contributed by atoms with Crippen molar-refractivity contribution in [3.63, 3.8) is 0 Å². The fourth-order valence-corrected chi connectivity index (χ4v) is 1.83. The molecule has 0 aliphatic heterocycles.